The maximum atomic E-state index is 10.6. The van der Waals surface area contributed by atoms with E-state index in [-0.39, 0.29) is 31.0 Å². The van der Waals surface area contributed by atoms with E-state index in [1.165, 1.54) is 0 Å². The van der Waals surface area contributed by atoms with Crippen LogP contribution in [-0.4, -0.2) is 49.7 Å². The first kappa shape index (κ1) is 16.5. The topological polar surface area (TPSA) is 149 Å². The minimum Gasteiger partial charge on any atom is -1.00 e. The van der Waals surface area contributed by atoms with Crippen LogP contribution in [0.3, 0.4) is 0 Å². The molecule has 0 amide bonds. The monoisotopic (exact) mass is 230 g/mol. The zero-order valence-corrected chi connectivity index (χ0v) is 9.63. The van der Waals surface area contributed by atoms with E-state index in [4.69, 9.17) is 20.4 Å². The Bertz CT molecular complexity index is 316. The molecule has 8 nitrogen and oxygen atoms in total. The van der Waals surface area contributed by atoms with Crippen molar-refractivity contribution < 1.29 is 70.6 Å². The summed E-state index contributed by atoms with van der Waals surface area (Å²) in [7, 11) is 0. The molecule has 9 heteroatoms. The second kappa shape index (κ2) is 5.81. The predicted molar refractivity (Wildman–Crippen MR) is 38.6 cm³/mol. The number of hydrogen-bond donors (Lipinski definition) is 4. The normalized spacial score (nSPS) is 13.1. The van der Waals surface area contributed by atoms with Crippen molar-refractivity contribution in [2.24, 2.45) is 0 Å². The molecule has 0 aromatic rings. The van der Waals surface area contributed by atoms with E-state index in [0.29, 0.717) is 0 Å². The van der Waals surface area contributed by atoms with Gasteiger partial charge in [0.1, 0.15) is 0 Å². The van der Waals surface area contributed by atoms with Gasteiger partial charge in [-0.1, -0.05) is 0 Å². The van der Waals surface area contributed by atoms with Crippen LogP contribution in [0.2, 0.25) is 0 Å². The molecular weight excluding hydrogens is 223 g/mol. The molecule has 80 valence electrons. The third-order valence-corrected chi connectivity index (χ3v) is 1.33. The predicted octanol–water partition coefficient (Wildman–Crippen LogP) is -4.95. The SMILES string of the molecule is O=C(O)CC(O)(C(=O)O)C(=O)C(=O)O.[H-].[Na+]. The fourth-order valence-corrected chi connectivity index (χ4v) is 0.649. The molecule has 0 aliphatic rings. The second-order valence-corrected chi connectivity index (χ2v) is 2.37. The van der Waals surface area contributed by atoms with Gasteiger partial charge in [-0.3, -0.25) is 9.59 Å². The van der Waals surface area contributed by atoms with E-state index in [1.807, 2.05) is 0 Å². The van der Waals surface area contributed by atoms with Gasteiger partial charge in [-0.05, 0) is 0 Å². The van der Waals surface area contributed by atoms with Crippen LogP contribution in [-0.2, 0) is 19.2 Å². The summed E-state index contributed by atoms with van der Waals surface area (Å²) in [5, 5.41) is 33.6. The first-order valence-electron chi connectivity index (χ1n) is 3.17. The van der Waals surface area contributed by atoms with Crippen LogP contribution in [0, 0.1) is 0 Å². The number of carbonyl (C=O) groups is 4. The van der Waals surface area contributed by atoms with Crippen molar-refractivity contribution in [3.8, 4) is 0 Å². The Kier molecular flexibility index (Phi) is 6.38. The van der Waals surface area contributed by atoms with Crippen LogP contribution in [0.5, 0.6) is 0 Å². The molecule has 0 saturated heterocycles. The number of carboxylic acids is 3. The molecule has 0 heterocycles. The summed E-state index contributed by atoms with van der Waals surface area (Å²) < 4.78 is 0. The molecule has 0 saturated carbocycles. The number of ketones is 1. The zero-order chi connectivity index (χ0) is 11.5. The molecule has 0 spiro atoms. The average Bonchev–Trinajstić information content (AvgIpc) is 2.00. The van der Waals surface area contributed by atoms with Gasteiger partial charge in [-0.2, -0.15) is 0 Å². The summed E-state index contributed by atoms with van der Waals surface area (Å²) in [6.07, 6.45) is -1.51. The molecule has 1 unspecified atom stereocenters. The number of aliphatic carboxylic acids is 3. The molecule has 0 radical (unpaired) electrons. The van der Waals surface area contributed by atoms with Crippen molar-refractivity contribution in [2.75, 3.05) is 0 Å². The standard InChI is InChI=1S/C6H6O8.Na.H/c7-2(8)1-6(14,5(12)13)3(9)4(10)11;;/h14H,1H2,(H,7,8)(H,10,11)(H,12,13);;/q;+1;-1. The molecule has 0 aromatic carbocycles. The maximum absolute atomic E-state index is 10.6. The molecule has 0 aliphatic carbocycles. The van der Waals surface area contributed by atoms with Gasteiger partial charge in [0, 0.05) is 0 Å². The van der Waals surface area contributed by atoms with Crippen LogP contribution >= 0.6 is 0 Å². The smallest absolute Gasteiger partial charge is 1.00 e. The molecular formula is C6H7NaO8. The van der Waals surface area contributed by atoms with Gasteiger partial charge in [0.05, 0.1) is 6.42 Å². The number of carbonyl (C=O) groups excluding carboxylic acids is 1. The average molecular weight is 230 g/mol. The van der Waals surface area contributed by atoms with Crippen molar-refractivity contribution in [3.05, 3.63) is 0 Å². The van der Waals surface area contributed by atoms with E-state index in [0.717, 1.165) is 0 Å². The Hall–Kier alpha value is -0.960. The number of aliphatic hydroxyl groups is 1. The van der Waals surface area contributed by atoms with Gasteiger partial charge in [-0.25, -0.2) is 9.59 Å². The molecule has 4 N–H and O–H groups in total. The van der Waals surface area contributed by atoms with Crippen LogP contribution in [0.25, 0.3) is 0 Å². The zero-order valence-electron chi connectivity index (χ0n) is 8.63. The Morgan fingerprint density at radius 3 is 1.67 bits per heavy atom. The van der Waals surface area contributed by atoms with Gasteiger partial charge in [0.2, 0.25) is 5.60 Å². The first-order valence-corrected chi connectivity index (χ1v) is 3.17. The van der Waals surface area contributed by atoms with Gasteiger partial charge in [0.15, 0.2) is 0 Å². The van der Waals surface area contributed by atoms with Crippen molar-refractivity contribution in [3.63, 3.8) is 0 Å². The van der Waals surface area contributed by atoms with E-state index in [9.17, 15) is 19.2 Å². The van der Waals surface area contributed by atoms with Crippen LogP contribution in [0.4, 0.5) is 0 Å². The Morgan fingerprint density at radius 1 is 1.07 bits per heavy atom. The molecule has 0 rings (SSSR count). The van der Waals surface area contributed by atoms with Crippen molar-refractivity contribution in [1.82, 2.24) is 0 Å². The first-order chi connectivity index (χ1) is 6.21. The van der Waals surface area contributed by atoms with Crippen LogP contribution < -0.4 is 29.6 Å². The molecule has 0 bridgehead atoms. The Balaban J connectivity index is -0.000000845. The third kappa shape index (κ3) is 3.96. The largest absolute Gasteiger partial charge is 1.00 e. The van der Waals surface area contributed by atoms with Crippen LogP contribution in [0.15, 0.2) is 0 Å². The summed E-state index contributed by atoms with van der Waals surface area (Å²) in [5.41, 5.74) is -3.42. The molecule has 1 atom stereocenters. The molecule has 0 aromatic heterocycles. The third-order valence-electron chi connectivity index (χ3n) is 1.33. The summed E-state index contributed by atoms with van der Waals surface area (Å²) >= 11 is 0. The maximum Gasteiger partial charge on any atom is 1.00 e. The van der Waals surface area contributed by atoms with Crippen LogP contribution in [0.1, 0.15) is 7.85 Å². The molecule has 15 heavy (non-hydrogen) atoms. The molecule has 0 aliphatic heterocycles. The van der Waals surface area contributed by atoms with Gasteiger partial charge >= 0.3 is 47.5 Å². The Morgan fingerprint density at radius 2 is 1.47 bits per heavy atom. The summed E-state index contributed by atoms with van der Waals surface area (Å²) in [6, 6.07) is 0. The van der Waals surface area contributed by atoms with E-state index >= 15 is 0 Å². The fraction of sp³-hybridized carbons (Fsp3) is 0.333. The van der Waals surface area contributed by atoms with Crippen molar-refractivity contribution >= 4 is 23.7 Å². The van der Waals surface area contributed by atoms with Gasteiger partial charge in [0.25, 0.3) is 5.78 Å². The van der Waals surface area contributed by atoms with E-state index in [2.05, 4.69) is 0 Å². The minimum absolute atomic E-state index is 0. The quantitative estimate of drug-likeness (QED) is 0.208. The van der Waals surface area contributed by atoms with Crippen molar-refractivity contribution in [1.29, 1.82) is 0 Å². The summed E-state index contributed by atoms with van der Waals surface area (Å²) in [5.74, 6) is -8.32. The second-order valence-electron chi connectivity index (χ2n) is 2.37. The van der Waals surface area contributed by atoms with Gasteiger partial charge in [-0.15, -0.1) is 0 Å². The fourth-order valence-electron chi connectivity index (χ4n) is 0.649. The number of carboxylic acid groups (broad SMARTS) is 3. The summed E-state index contributed by atoms with van der Waals surface area (Å²) in [4.78, 5) is 41.1. The minimum atomic E-state index is -3.42. The summed E-state index contributed by atoms with van der Waals surface area (Å²) in [6.45, 7) is 0. The Labute approximate surface area is 106 Å². The van der Waals surface area contributed by atoms with Crippen molar-refractivity contribution in [2.45, 2.75) is 12.0 Å². The van der Waals surface area contributed by atoms with E-state index < -0.39 is 35.7 Å². The number of rotatable bonds is 5. The number of Topliss-reactive ketones (excluding diaryl/α,β-unsaturated/α-hetero) is 1. The molecule has 0 fully saturated rings. The number of hydrogen-bond acceptors (Lipinski definition) is 5. The van der Waals surface area contributed by atoms with Gasteiger partial charge < -0.3 is 21.9 Å². The van der Waals surface area contributed by atoms with E-state index in [1.54, 1.807) is 0 Å².